The number of carbonyl (C=O) groups is 3. The molecule has 0 aromatic rings. The fraction of sp³-hybridized carbons (Fsp3) is 0.375. The van der Waals surface area contributed by atoms with E-state index in [2.05, 4.69) is 29.4 Å². The summed E-state index contributed by atoms with van der Waals surface area (Å²) < 4.78 is 0. The number of hydrogen-bond donors (Lipinski definition) is 2. The summed E-state index contributed by atoms with van der Waals surface area (Å²) in [5, 5.41) is 5.55. The van der Waals surface area contributed by atoms with Gasteiger partial charge in [-0.25, -0.2) is 0 Å². The van der Waals surface area contributed by atoms with Crippen molar-refractivity contribution in [2.45, 2.75) is 51.4 Å². The number of hydrogen-bond acceptors (Lipinski definition) is 4. The van der Waals surface area contributed by atoms with Gasteiger partial charge in [-0.1, -0.05) is 49.3 Å². The number of Topliss-reactive ketones (excluding diaryl/α,β-unsaturated/α-hetero) is 1. The normalized spacial score (nSPS) is 19.7. The van der Waals surface area contributed by atoms with Gasteiger partial charge in [0.2, 0.25) is 17.5 Å². The average molecular weight is 395 g/mol. The summed E-state index contributed by atoms with van der Waals surface area (Å²) in [6, 6.07) is 0. The van der Waals surface area contributed by atoms with Crippen LogP contribution < -0.4 is 10.6 Å². The van der Waals surface area contributed by atoms with Crippen LogP contribution in [-0.4, -0.2) is 24.0 Å². The first-order valence-electron chi connectivity index (χ1n) is 10.3. The minimum Gasteiger partial charge on any atom is -0.378 e. The first kappa shape index (κ1) is 22.3. The predicted octanol–water partition coefficient (Wildman–Crippen LogP) is 3.97. The Morgan fingerprint density at radius 2 is 1.72 bits per heavy atom. The van der Waals surface area contributed by atoms with Crippen molar-refractivity contribution < 1.29 is 14.4 Å². The summed E-state index contributed by atoms with van der Waals surface area (Å²) in [5.41, 5.74) is 0.798. The molecule has 0 fully saturated rings. The van der Waals surface area contributed by atoms with E-state index in [4.69, 9.17) is 0 Å². The number of allylic oxidation sites excluding steroid dienone is 7. The summed E-state index contributed by atoms with van der Waals surface area (Å²) >= 11 is 0. The summed E-state index contributed by atoms with van der Waals surface area (Å²) in [5.74, 6) is -1.02. The lowest BCUT2D eigenvalue weighted by Crippen LogP contribution is -2.34. The first-order chi connectivity index (χ1) is 14.1. The van der Waals surface area contributed by atoms with Gasteiger partial charge in [-0.3, -0.25) is 14.4 Å². The van der Waals surface area contributed by atoms with Gasteiger partial charge in [-0.05, 0) is 38.5 Å². The van der Waals surface area contributed by atoms with E-state index in [0.29, 0.717) is 24.2 Å². The zero-order valence-corrected chi connectivity index (χ0v) is 16.9. The number of rotatable bonds is 3. The Labute approximate surface area is 173 Å². The Kier molecular flexibility index (Phi) is 9.63. The molecule has 0 atom stereocenters. The van der Waals surface area contributed by atoms with Gasteiger partial charge in [0.25, 0.3) is 0 Å². The number of nitrogens with one attached hydrogen (secondary N) is 2. The van der Waals surface area contributed by atoms with Crippen LogP contribution in [0.3, 0.4) is 0 Å². The molecule has 2 bridgehead atoms. The monoisotopic (exact) mass is 394 g/mol. The van der Waals surface area contributed by atoms with Gasteiger partial charge in [0, 0.05) is 24.3 Å². The highest BCUT2D eigenvalue weighted by Crippen LogP contribution is 2.22. The quantitative estimate of drug-likeness (QED) is 0.561. The summed E-state index contributed by atoms with van der Waals surface area (Å²) in [6.45, 7) is 4.04. The highest BCUT2D eigenvalue weighted by molar-refractivity contribution is 6.23. The minimum absolute atomic E-state index is 0.0369. The predicted molar refractivity (Wildman–Crippen MR) is 116 cm³/mol. The van der Waals surface area contributed by atoms with Crippen molar-refractivity contribution in [3.63, 3.8) is 0 Å². The summed E-state index contributed by atoms with van der Waals surface area (Å²) in [6.07, 6.45) is 21.5. The Bertz CT molecular complexity index is 782. The van der Waals surface area contributed by atoms with Gasteiger partial charge in [0.15, 0.2) is 0 Å². The lowest BCUT2D eigenvalue weighted by molar-refractivity contribution is -0.119. The largest absolute Gasteiger partial charge is 0.378 e. The fourth-order valence-electron chi connectivity index (χ4n) is 3.23. The Morgan fingerprint density at radius 3 is 2.55 bits per heavy atom. The van der Waals surface area contributed by atoms with Gasteiger partial charge >= 0.3 is 0 Å². The van der Waals surface area contributed by atoms with E-state index >= 15 is 0 Å². The molecule has 0 spiro atoms. The molecule has 154 valence electrons. The lowest BCUT2D eigenvalue weighted by atomic mass is 9.92. The molecule has 2 rings (SSSR count). The molecular weight excluding hydrogens is 364 g/mol. The third kappa shape index (κ3) is 7.53. The van der Waals surface area contributed by atoms with Crippen LogP contribution in [0, 0.1) is 0 Å². The maximum Gasteiger partial charge on any atom is 0.248 e. The van der Waals surface area contributed by atoms with Gasteiger partial charge in [-0.15, -0.1) is 6.58 Å². The maximum atomic E-state index is 12.9. The number of carbonyl (C=O) groups excluding carboxylic acids is 3. The molecule has 2 N–H and O–H groups in total. The molecule has 29 heavy (non-hydrogen) atoms. The number of amides is 1. The SMILES string of the molecule is C=CCNC1=C2CCCCCCC=CCCC=CC=CC(=O)NC(=CC1=O)C2=O. The second-order valence-electron chi connectivity index (χ2n) is 7.05. The second-order valence-corrected chi connectivity index (χ2v) is 7.05. The number of ketones is 2. The van der Waals surface area contributed by atoms with Gasteiger partial charge in [0.05, 0.1) is 11.4 Å². The molecule has 0 saturated heterocycles. The molecule has 0 aromatic carbocycles. The van der Waals surface area contributed by atoms with E-state index in [9.17, 15) is 14.4 Å². The molecule has 1 heterocycles. The number of fused-ring (bicyclic) bond motifs is 2. The Hall–Kier alpha value is -2.95. The second kappa shape index (κ2) is 12.5. The average Bonchev–Trinajstić information content (AvgIpc) is 2.70. The fourth-order valence-corrected chi connectivity index (χ4v) is 3.23. The molecule has 5 heteroatoms. The summed E-state index contributed by atoms with van der Waals surface area (Å²) in [4.78, 5) is 37.6. The van der Waals surface area contributed by atoms with Crippen LogP contribution >= 0.6 is 0 Å². The molecule has 0 radical (unpaired) electrons. The topological polar surface area (TPSA) is 75.3 Å². The zero-order chi connectivity index (χ0) is 20.9. The third-order valence-electron chi connectivity index (χ3n) is 4.73. The maximum absolute atomic E-state index is 12.9. The lowest BCUT2D eigenvalue weighted by Gasteiger charge is -2.20. The smallest absolute Gasteiger partial charge is 0.248 e. The van der Waals surface area contributed by atoms with E-state index in [1.807, 2.05) is 12.2 Å². The molecule has 5 nitrogen and oxygen atoms in total. The van der Waals surface area contributed by atoms with Gasteiger partial charge in [-0.2, -0.15) is 0 Å². The van der Waals surface area contributed by atoms with Crippen molar-refractivity contribution in [1.82, 2.24) is 10.6 Å². The molecule has 1 aliphatic carbocycles. The van der Waals surface area contributed by atoms with Crippen LogP contribution in [0.1, 0.15) is 51.4 Å². The van der Waals surface area contributed by atoms with Crippen LogP contribution in [0.4, 0.5) is 0 Å². The highest BCUT2D eigenvalue weighted by atomic mass is 16.2. The van der Waals surface area contributed by atoms with Crippen molar-refractivity contribution in [2.24, 2.45) is 0 Å². The van der Waals surface area contributed by atoms with E-state index in [1.54, 1.807) is 12.2 Å². The molecule has 1 aliphatic heterocycles. The summed E-state index contributed by atoms with van der Waals surface area (Å²) in [7, 11) is 0. The molecule has 2 aliphatic rings. The van der Waals surface area contributed by atoms with Crippen LogP contribution in [0.15, 0.2) is 72.2 Å². The Balaban J connectivity index is 2.19. The van der Waals surface area contributed by atoms with Crippen LogP contribution in [-0.2, 0) is 14.4 Å². The van der Waals surface area contributed by atoms with Crippen LogP contribution in [0.5, 0.6) is 0 Å². The van der Waals surface area contributed by atoms with Crippen molar-refractivity contribution in [2.75, 3.05) is 6.54 Å². The molecule has 0 unspecified atom stereocenters. The van der Waals surface area contributed by atoms with Gasteiger partial charge in [0.1, 0.15) is 0 Å². The van der Waals surface area contributed by atoms with Crippen molar-refractivity contribution >= 4 is 17.5 Å². The molecular formula is C24H30N2O3. The molecule has 1 amide bonds. The standard InChI is InChI=1S/C24H30N2O3/c1-2-17-25-23-19-15-13-11-9-7-5-3-4-6-8-10-12-14-16-22(28)26-20(24(19)29)18-21(23)27/h2-4,10,12,14,16,18,25H,1,5-9,11,13,15,17H2,(H,26,28). The van der Waals surface area contributed by atoms with E-state index in [-0.39, 0.29) is 17.3 Å². The highest BCUT2D eigenvalue weighted by Gasteiger charge is 2.28. The third-order valence-corrected chi connectivity index (χ3v) is 4.73. The van der Waals surface area contributed by atoms with Crippen LogP contribution in [0.25, 0.3) is 0 Å². The minimum atomic E-state index is -0.429. The zero-order valence-electron chi connectivity index (χ0n) is 16.9. The van der Waals surface area contributed by atoms with Crippen molar-refractivity contribution in [1.29, 1.82) is 0 Å². The van der Waals surface area contributed by atoms with Crippen molar-refractivity contribution in [3.05, 3.63) is 72.2 Å². The first-order valence-corrected chi connectivity index (χ1v) is 10.3. The molecule has 0 saturated carbocycles. The van der Waals surface area contributed by atoms with Crippen LogP contribution in [0.2, 0.25) is 0 Å². The molecule has 0 aromatic heterocycles. The van der Waals surface area contributed by atoms with E-state index < -0.39 is 5.91 Å². The van der Waals surface area contributed by atoms with Gasteiger partial charge < -0.3 is 10.6 Å². The van der Waals surface area contributed by atoms with E-state index in [1.165, 1.54) is 12.2 Å². The van der Waals surface area contributed by atoms with E-state index in [0.717, 1.165) is 44.9 Å². The van der Waals surface area contributed by atoms with Crippen molar-refractivity contribution in [3.8, 4) is 0 Å². The Morgan fingerprint density at radius 1 is 0.966 bits per heavy atom.